The molecule has 2 nitrogen and oxygen atoms in total. The van der Waals surface area contributed by atoms with E-state index in [1.165, 1.54) is 11.1 Å². The third kappa shape index (κ3) is 9.05. The van der Waals surface area contributed by atoms with Gasteiger partial charge in [0.25, 0.3) is 0 Å². The lowest BCUT2D eigenvalue weighted by Crippen LogP contribution is -2.48. The average Bonchev–Trinajstić information content (AvgIpc) is 2.63. The van der Waals surface area contributed by atoms with Gasteiger partial charge in [-0.05, 0) is 43.5 Å². The van der Waals surface area contributed by atoms with E-state index in [0.29, 0.717) is 6.04 Å². The van der Waals surface area contributed by atoms with Crippen molar-refractivity contribution >= 4 is 16.1 Å². The maximum Gasteiger partial charge on any atom is 0.0616 e. The summed E-state index contributed by atoms with van der Waals surface area (Å²) in [6.07, 6.45) is 0.839. The van der Waals surface area contributed by atoms with Crippen LogP contribution in [0.25, 0.3) is 0 Å². The van der Waals surface area contributed by atoms with E-state index in [4.69, 9.17) is 0 Å². The largest absolute Gasteiger partial charge is 0.390 e. The zero-order chi connectivity index (χ0) is 23.3. The summed E-state index contributed by atoms with van der Waals surface area (Å²) in [6.45, 7) is 19.9. The van der Waals surface area contributed by atoms with E-state index in [2.05, 4.69) is 119 Å². The van der Waals surface area contributed by atoms with Crippen LogP contribution in [0.4, 0.5) is 0 Å². The molecule has 4 heteroatoms. The third-order valence-corrected chi connectivity index (χ3v) is 9.39. The Morgan fingerprint density at radius 3 is 1.68 bits per heavy atom. The Morgan fingerprint density at radius 1 is 0.774 bits per heavy atom. The Balaban J connectivity index is 2.33. The van der Waals surface area contributed by atoms with Gasteiger partial charge in [-0.15, -0.1) is 0 Å². The van der Waals surface area contributed by atoms with Crippen LogP contribution in [-0.2, 0) is 6.54 Å². The average molecular weight is 456 g/mol. The first-order chi connectivity index (χ1) is 14.3. The van der Waals surface area contributed by atoms with Gasteiger partial charge in [0.2, 0.25) is 0 Å². The molecule has 0 aromatic heterocycles. The Labute approximate surface area is 193 Å². The van der Waals surface area contributed by atoms with Gasteiger partial charge in [0.1, 0.15) is 0 Å². The highest BCUT2D eigenvalue weighted by Gasteiger charge is 2.39. The highest BCUT2D eigenvalue weighted by molar-refractivity contribution is 6.78. The van der Waals surface area contributed by atoms with Crippen molar-refractivity contribution in [1.82, 2.24) is 4.90 Å². The molecule has 2 atom stereocenters. The maximum atomic E-state index is 12.0. The SMILES string of the molecule is C[C@@H](CC(O)(C[Si](C)(C)C)C[Si](C)(C)C)N(Cc1ccccc1)[C@@H](C)c1ccccc1. The highest BCUT2D eigenvalue weighted by atomic mass is 28.3. The van der Waals surface area contributed by atoms with Gasteiger partial charge in [0.15, 0.2) is 0 Å². The minimum atomic E-state index is -1.41. The highest BCUT2D eigenvalue weighted by Crippen LogP contribution is 2.36. The summed E-state index contributed by atoms with van der Waals surface area (Å²) in [7, 11) is -2.81. The molecule has 0 saturated carbocycles. The molecule has 2 rings (SSSR count). The van der Waals surface area contributed by atoms with E-state index in [1.54, 1.807) is 0 Å². The quantitative estimate of drug-likeness (QED) is 0.356. The molecule has 0 heterocycles. The summed E-state index contributed by atoms with van der Waals surface area (Å²) in [5.41, 5.74) is 2.10. The van der Waals surface area contributed by atoms with Crippen LogP contribution in [0.2, 0.25) is 51.4 Å². The first-order valence-electron chi connectivity index (χ1n) is 11.9. The van der Waals surface area contributed by atoms with Crippen molar-refractivity contribution in [3.63, 3.8) is 0 Å². The van der Waals surface area contributed by atoms with Gasteiger partial charge in [-0.1, -0.05) is 99.9 Å². The maximum absolute atomic E-state index is 12.0. The molecule has 0 bridgehead atoms. The fourth-order valence-corrected chi connectivity index (χ4v) is 9.98. The van der Waals surface area contributed by atoms with Gasteiger partial charge >= 0.3 is 0 Å². The second-order valence-electron chi connectivity index (χ2n) is 12.0. The molecule has 0 aliphatic carbocycles. The molecule has 172 valence electrons. The van der Waals surface area contributed by atoms with E-state index in [9.17, 15) is 5.11 Å². The summed E-state index contributed by atoms with van der Waals surface area (Å²) in [6, 6.07) is 24.1. The van der Waals surface area contributed by atoms with Gasteiger partial charge in [0.05, 0.1) is 5.60 Å². The molecule has 0 fully saturated rings. The first-order valence-corrected chi connectivity index (χ1v) is 19.3. The Kier molecular flexibility index (Phi) is 8.91. The van der Waals surface area contributed by atoms with Crippen molar-refractivity contribution < 1.29 is 5.11 Å². The fraction of sp³-hybridized carbons (Fsp3) is 0.556. The van der Waals surface area contributed by atoms with Gasteiger partial charge in [-0.3, -0.25) is 4.90 Å². The van der Waals surface area contributed by atoms with E-state index in [0.717, 1.165) is 25.1 Å². The second kappa shape index (κ2) is 10.6. The lowest BCUT2D eigenvalue weighted by atomic mass is 9.95. The Morgan fingerprint density at radius 2 is 1.23 bits per heavy atom. The van der Waals surface area contributed by atoms with Crippen LogP contribution in [-0.4, -0.2) is 37.8 Å². The van der Waals surface area contributed by atoms with Crippen molar-refractivity contribution in [3.05, 3.63) is 71.8 Å². The molecule has 0 amide bonds. The normalized spacial score (nSPS) is 15.2. The minimum absolute atomic E-state index is 0.285. The standard InChI is InChI=1S/C27H45NOSi2/c1-23(19-27(29,21-30(3,4)5)22-31(6,7)8)28(20-25-15-11-9-12-16-25)24(2)26-17-13-10-14-18-26/h9-18,23-24,29H,19-22H2,1-8H3/t23-,24-/m0/s1. The number of aliphatic hydroxyl groups is 1. The zero-order valence-corrected chi connectivity index (χ0v) is 23.2. The van der Waals surface area contributed by atoms with Crippen molar-refractivity contribution in [2.75, 3.05) is 0 Å². The molecule has 0 spiro atoms. The van der Waals surface area contributed by atoms with Gasteiger partial charge in [-0.2, -0.15) is 0 Å². The summed E-state index contributed by atoms with van der Waals surface area (Å²) in [5.74, 6) is 0. The summed E-state index contributed by atoms with van der Waals surface area (Å²) in [5, 5.41) is 12.0. The zero-order valence-electron chi connectivity index (χ0n) is 21.2. The second-order valence-corrected chi connectivity index (χ2v) is 22.9. The molecule has 0 unspecified atom stereocenters. The molecule has 2 aromatic carbocycles. The number of rotatable bonds is 11. The van der Waals surface area contributed by atoms with E-state index in [1.807, 2.05) is 0 Å². The van der Waals surface area contributed by atoms with Crippen LogP contribution in [0.15, 0.2) is 60.7 Å². The smallest absolute Gasteiger partial charge is 0.0616 e. The molecule has 2 aromatic rings. The van der Waals surface area contributed by atoms with Gasteiger partial charge < -0.3 is 5.11 Å². The molecule has 0 aliphatic rings. The number of nitrogens with zero attached hydrogens (tertiary/aromatic N) is 1. The van der Waals surface area contributed by atoms with Gasteiger partial charge in [-0.25, -0.2) is 0 Å². The molecule has 31 heavy (non-hydrogen) atoms. The molecule has 0 aliphatic heterocycles. The van der Waals surface area contributed by atoms with E-state index >= 15 is 0 Å². The van der Waals surface area contributed by atoms with Crippen LogP contribution >= 0.6 is 0 Å². The van der Waals surface area contributed by atoms with Crippen molar-refractivity contribution in [2.45, 2.75) is 95.9 Å². The topological polar surface area (TPSA) is 23.5 Å². The molecular weight excluding hydrogens is 410 g/mol. The van der Waals surface area contributed by atoms with E-state index < -0.39 is 21.7 Å². The predicted molar refractivity (Wildman–Crippen MR) is 142 cm³/mol. The van der Waals surface area contributed by atoms with Gasteiger partial charge in [0, 0.05) is 34.8 Å². The Hall–Kier alpha value is -1.21. The van der Waals surface area contributed by atoms with Crippen molar-refractivity contribution in [2.24, 2.45) is 0 Å². The Bertz CT molecular complexity index is 764. The monoisotopic (exact) mass is 455 g/mol. The lowest BCUT2D eigenvalue weighted by molar-refractivity contribution is 0.0228. The number of benzene rings is 2. The number of hydrogen-bond donors (Lipinski definition) is 1. The number of hydrogen-bond acceptors (Lipinski definition) is 2. The van der Waals surface area contributed by atoms with Crippen LogP contribution in [0, 0.1) is 0 Å². The lowest BCUT2D eigenvalue weighted by Gasteiger charge is -2.43. The molecule has 0 radical (unpaired) electrons. The van der Waals surface area contributed by atoms with Crippen LogP contribution in [0.1, 0.15) is 37.4 Å². The molecule has 0 saturated heterocycles. The summed E-state index contributed by atoms with van der Waals surface area (Å²) >= 11 is 0. The summed E-state index contributed by atoms with van der Waals surface area (Å²) < 4.78 is 0. The van der Waals surface area contributed by atoms with Crippen molar-refractivity contribution in [1.29, 1.82) is 0 Å². The van der Waals surface area contributed by atoms with Crippen LogP contribution < -0.4 is 0 Å². The van der Waals surface area contributed by atoms with Crippen LogP contribution in [0.5, 0.6) is 0 Å². The van der Waals surface area contributed by atoms with Crippen molar-refractivity contribution in [3.8, 4) is 0 Å². The predicted octanol–water partition coefficient (Wildman–Crippen LogP) is 7.44. The molecular formula is C27H45NOSi2. The van der Waals surface area contributed by atoms with Crippen LogP contribution in [0.3, 0.4) is 0 Å². The minimum Gasteiger partial charge on any atom is -0.390 e. The fourth-order valence-electron chi connectivity index (χ4n) is 5.24. The van der Waals surface area contributed by atoms with E-state index in [-0.39, 0.29) is 6.04 Å². The first kappa shape index (κ1) is 26.0. The third-order valence-electron chi connectivity index (χ3n) is 5.95. The molecule has 1 N–H and O–H groups in total. The summed E-state index contributed by atoms with van der Waals surface area (Å²) in [4.78, 5) is 2.59.